The normalized spacial score (nSPS) is 16.7. The number of esters is 1. The van der Waals surface area contributed by atoms with Crippen molar-refractivity contribution in [3.8, 4) is 0 Å². The molecule has 0 aromatic carbocycles. The Kier molecular flexibility index (Phi) is 7.41. The fourth-order valence-electron chi connectivity index (χ4n) is 2.77. The van der Waals surface area contributed by atoms with Gasteiger partial charge in [-0.25, -0.2) is 4.79 Å². The first-order valence-electron chi connectivity index (χ1n) is 7.74. The maximum Gasteiger partial charge on any atom is 0.407 e. The van der Waals surface area contributed by atoms with Crippen LogP contribution in [0.5, 0.6) is 0 Å². The minimum absolute atomic E-state index is 0.221. The number of carbonyl (C=O) groups is 2. The fraction of sp³-hybridized carbons (Fsp3) is 0.867. The van der Waals surface area contributed by atoms with E-state index in [2.05, 4.69) is 12.2 Å². The summed E-state index contributed by atoms with van der Waals surface area (Å²) in [7, 11) is 0. The van der Waals surface area contributed by atoms with Crippen LogP contribution in [-0.4, -0.2) is 30.8 Å². The van der Waals surface area contributed by atoms with Crippen LogP contribution in [0.15, 0.2) is 0 Å². The Morgan fingerprint density at radius 1 is 1.20 bits per heavy atom. The van der Waals surface area contributed by atoms with Crippen LogP contribution in [0.25, 0.3) is 0 Å². The summed E-state index contributed by atoms with van der Waals surface area (Å²) in [6, 6.07) is 0. The Morgan fingerprint density at radius 3 is 2.50 bits per heavy atom. The van der Waals surface area contributed by atoms with Crippen LogP contribution in [0.2, 0.25) is 0 Å². The first kappa shape index (κ1) is 16.8. The summed E-state index contributed by atoms with van der Waals surface area (Å²) >= 11 is 0. The van der Waals surface area contributed by atoms with Gasteiger partial charge in [0.1, 0.15) is 5.60 Å². The molecule has 0 aliphatic heterocycles. The number of amides is 1. The lowest BCUT2D eigenvalue weighted by Crippen LogP contribution is -2.37. The molecule has 0 unspecified atom stereocenters. The monoisotopic (exact) mass is 285 g/mol. The van der Waals surface area contributed by atoms with E-state index in [0.29, 0.717) is 26.0 Å². The fourth-order valence-corrected chi connectivity index (χ4v) is 2.77. The first-order chi connectivity index (χ1) is 9.62. The summed E-state index contributed by atoms with van der Waals surface area (Å²) in [5.41, 5.74) is -0.250. The standard InChI is InChI=1S/C15H27NO4/c1-3-9-15(10-5-6-11-15)20-14(18)16-12-7-8-13(17)19-4-2/h3-12H2,1-2H3,(H,16,18). The van der Waals surface area contributed by atoms with E-state index < -0.39 is 0 Å². The third-order valence-electron chi connectivity index (χ3n) is 3.66. The van der Waals surface area contributed by atoms with Crippen LogP contribution in [-0.2, 0) is 14.3 Å². The Bertz CT molecular complexity index is 311. The molecular formula is C15H27NO4. The molecule has 20 heavy (non-hydrogen) atoms. The molecule has 0 atom stereocenters. The van der Waals surface area contributed by atoms with Crippen molar-refractivity contribution in [1.29, 1.82) is 0 Å². The summed E-state index contributed by atoms with van der Waals surface area (Å²) < 4.78 is 10.4. The van der Waals surface area contributed by atoms with Crippen molar-refractivity contribution >= 4 is 12.1 Å². The molecule has 1 fully saturated rings. The van der Waals surface area contributed by atoms with Gasteiger partial charge in [-0.2, -0.15) is 0 Å². The summed E-state index contributed by atoms with van der Waals surface area (Å²) in [4.78, 5) is 22.9. The van der Waals surface area contributed by atoms with Crippen molar-refractivity contribution in [1.82, 2.24) is 5.32 Å². The SMILES string of the molecule is CCCC1(OC(=O)NCCCC(=O)OCC)CCCC1. The zero-order chi connectivity index (χ0) is 14.8. The van der Waals surface area contributed by atoms with Gasteiger partial charge in [0.05, 0.1) is 6.61 Å². The zero-order valence-corrected chi connectivity index (χ0v) is 12.7. The van der Waals surface area contributed by atoms with Gasteiger partial charge in [0, 0.05) is 13.0 Å². The van der Waals surface area contributed by atoms with E-state index in [9.17, 15) is 9.59 Å². The third-order valence-corrected chi connectivity index (χ3v) is 3.66. The van der Waals surface area contributed by atoms with Crippen LogP contribution in [0.1, 0.15) is 65.2 Å². The predicted molar refractivity (Wildman–Crippen MR) is 76.5 cm³/mol. The number of alkyl carbamates (subject to hydrolysis) is 1. The Labute approximate surface area is 121 Å². The highest BCUT2D eigenvalue weighted by atomic mass is 16.6. The Hall–Kier alpha value is -1.26. The number of hydrogen-bond donors (Lipinski definition) is 1. The van der Waals surface area contributed by atoms with Crippen LogP contribution < -0.4 is 5.32 Å². The summed E-state index contributed by atoms with van der Waals surface area (Å²) in [5.74, 6) is -0.221. The van der Waals surface area contributed by atoms with Gasteiger partial charge >= 0.3 is 12.1 Å². The van der Waals surface area contributed by atoms with Crippen molar-refractivity contribution in [3.05, 3.63) is 0 Å². The number of hydrogen-bond acceptors (Lipinski definition) is 4. The van der Waals surface area contributed by atoms with Gasteiger partial charge in [-0.05, 0) is 45.4 Å². The molecule has 1 amide bonds. The lowest BCUT2D eigenvalue weighted by molar-refractivity contribution is -0.143. The number of nitrogens with one attached hydrogen (secondary N) is 1. The zero-order valence-electron chi connectivity index (χ0n) is 12.7. The van der Waals surface area contributed by atoms with E-state index in [0.717, 1.165) is 38.5 Å². The van der Waals surface area contributed by atoms with Crippen molar-refractivity contribution < 1.29 is 19.1 Å². The van der Waals surface area contributed by atoms with Gasteiger partial charge in [-0.15, -0.1) is 0 Å². The lowest BCUT2D eigenvalue weighted by Gasteiger charge is -2.28. The lowest BCUT2D eigenvalue weighted by atomic mass is 9.96. The molecule has 5 heteroatoms. The molecule has 0 spiro atoms. The van der Waals surface area contributed by atoms with Gasteiger partial charge in [0.2, 0.25) is 0 Å². The molecule has 5 nitrogen and oxygen atoms in total. The molecule has 0 saturated heterocycles. The highest BCUT2D eigenvalue weighted by Gasteiger charge is 2.36. The Balaban J connectivity index is 2.20. The second-order valence-corrected chi connectivity index (χ2v) is 5.36. The first-order valence-corrected chi connectivity index (χ1v) is 7.74. The molecule has 0 aromatic heterocycles. The quantitative estimate of drug-likeness (QED) is 0.549. The van der Waals surface area contributed by atoms with Gasteiger partial charge < -0.3 is 14.8 Å². The number of carbonyl (C=O) groups excluding carboxylic acids is 2. The molecule has 0 bridgehead atoms. The van der Waals surface area contributed by atoms with E-state index in [4.69, 9.17) is 9.47 Å². The van der Waals surface area contributed by atoms with Gasteiger partial charge in [-0.1, -0.05) is 13.3 Å². The van der Waals surface area contributed by atoms with E-state index in [-0.39, 0.29) is 17.7 Å². The number of rotatable bonds is 8. The van der Waals surface area contributed by atoms with E-state index >= 15 is 0 Å². The van der Waals surface area contributed by atoms with Crippen molar-refractivity contribution in [2.24, 2.45) is 0 Å². The highest BCUT2D eigenvalue weighted by molar-refractivity contribution is 5.70. The van der Waals surface area contributed by atoms with Gasteiger partial charge in [0.25, 0.3) is 0 Å². The minimum Gasteiger partial charge on any atom is -0.466 e. The third kappa shape index (κ3) is 5.80. The second-order valence-electron chi connectivity index (χ2n) is 5.36. The topological polar surface area (TPSA) is 64.6 Å². The molecule has 1 saturated carbocycles. The van der Waals surface area contributed by atoms with Gasteiger partial charge in [-0.3, -0.25) is 4.79 Å². The molecule has 1 aliphatic rings. The van der Waals surface area contributed by atoms with Gasteiger partial charge in [0.15, 0.2) is 0 Å². The van der Waals surface area contributed by atoms with Crippen molar-refractivity contribution in [2.45, 2.75) is 70.8 Å². The summed E-state index contributed by atoms with van der Waals surface area (Å²) in [6.45, 7) is 4.73. The molecule has 1 rings (SSSR count). The average molecular weight is 285 g/mol. The summed E-state index contributed by atoms with van der Waals surface area (Å²) in [6.07, 6.45) is 6.71. The largest absolute Gasteiger partial charge is 0.466 e. The van der Waals surface area contributed by atoms with E-state index in [1.54, 1.807) is 6.92 Å². The van der Waals surface area contributed by atoms with Crippen molar-refractivity contribution in [3.63, 3.8) is 0 Å². The number of ether oxygens (including phenoxy) is 2. The molecule has 0 aromatic rings. The molecular weight excluding hydrogens is 258 g/mol. The molecule has 116 valence electrons. The summed E-state index contributed by atoms with van der Waals surface area (Å²) in [5, 5.41) is 2.72. The molecule has 0 radical (unpaired) electrons. The van der Waals surface area contributed by atoms with Crippen LogP contribution >= 0.6 is 0 Å². The predicted octanol–water partition coefficient (Wildman–Crippen LogP) is 3.17. The van der Waals surface area contributed by atoms with E-state index in [1.165, 1.54) is 0 Å². The second kappa shape index (κ2) is 8.82. The molecule has 1 N–H and O–H groups in total. The maximum absolute atomic E-state index is 11.8. The molecule has 0 heterocycles. The Morgan fingerprint density at radius 2 is 1.90 bits per heavy atom. The average Bonchev–Trinajstić information content (AvgIpc) is 2.84. The highest BCUT2D eigenvalue weighted by Crippen LogP contribution is 2.37. The van der Waals surface area contributed by atoms with Crippen LogP contribution in [0, 0.1) is 0 Å². The smallest absolute Gasteiger partial charge is 0.407 e. The van der Waals surface area contributed by atoms with E-state index in [1.807, 2.05) is 0 Å². The van der Waals surface area contributed by atoms with Crippen LogP contribution in [0.4, 0.5) is 4.79 Å². The minimum atomic E-state index is -0.357. The van der Waals surface area contributed by atoms with Crippen molar-refractivity contribution in [2.75, 3.05) is 13.2 Å². The van der Waals surface area contributed by atoms with Crippen LogP contribution in [0.3, 0.4) is 0 Å². The maximum atomic E-state index is 11.8. The molecule has 1 aliphatic carbocycles.